The molecule has 0 radical (unpaired) electrons. The van der Waals surface area contributed by atoms with E-state index >= 15 is 0 Å². The van der Waals surface area contributed by atoms with Crippen molar-refractivity contribution < 1.29 is 28.3 Å². The molecule has 1 heterocycles. The summed E-state index contributed by atoms with van der Waals surface area (Å²) in [6.45, 7) is 5.05. The molecule has 1 aromatic rings. The Morgan fingerprint density at radius 2 is 2.00 bits per heavy atom. The van der Waals surface area contributed by atoms with Crippen LogP contribution < -0.4 is 18.9 Å². The monoisotopic (exact) mass is 176 g/mol. The molecule has 13 heavy (non-hydrogen) atoms. The molecule has 0 aromatic carbocycles. The molecule has 0 saturated heterocycles. The zero-order chi connectivity index (χ0) is 8.81. The summed E-state index contributed by atoms with van der Waals surface area (Å²) >= 11 is 0. The second kappa shape index (κ2) is 7.16. The minimum absolute atomic E-state index is 0. The summed E-state index contributed by atoms with van der Waals surface area (Å²) in [6.07, 6.45) is 5.74. The number of rotatable bonds is 5. The van der Waals surface area contributed by atoms with Crippen LogP contribution in [0.1, 0.15) is 20.3 Å². The van der Waals surface area contributed by atoms with Crippen molar-refractivity contribution in [1.29, 1.82) is 0 Å². The molecule has 0 saturated carbocycles. The fourth-order valence-corrected chi connectivity index (χ4v) is 0.850. The topological polar surface area (TPSA) is 36.3 Å². The largest absolute Gasteiger partial charge is 1.00 e. The molecule has 0 aliphatic carbocycles. The third kappa shape index (κ3) is 3.97. The smallest absolute Gasteiger partial charge is 0.408 e. The predicted octanol–water partition coefficient (Wildman–Crippen LogP) is -1.78. The van der Waals surface area contributed by atoms with Gasteiger partial charge < -0.3 is 19.0 Å². The molecular formula is C8H13LiN2O2. The van der Waals surface area contributed by atoms with Gasteiger partial charge in [0.15, 0.2) is 0 Å². The van der Waals surface area contributed by atoms with Crippen LogP contribution in [-0.4, -0.2) is 22.8 Å². The Bertz CT molecular complexity index is 198. The van der Waals surface area contributed by atoms with Crippen molar-refractivity contribution in [2.75, 3.05) is 13.2 Å². The Morgan fingerprint density at radius 1 is 1.38 bits per heavy atom. The summed E-state index contributed by atoms with van der Waals surface area (Å²) in [5, 5.41) is 0. The molecule has 0 aliphatic rings. The van der Waals surface area contributed by atoms with E-state index in [9.17, 15) is 0 Å². The molecule has 4 nitrogen and oxygen atoms in total. The van der Waals surface area contributed by atoms with Crippen molar-refractivity contribution in [3.63, 3.8) is 0 Å². The third-order valence-electron chi connectivity index (χ3n) is 1.32. The molecule has 0 bridgehead atoms. The summed E-state index contributed by atoms with van der Waals surface area (Å²) in [6, 6.07) is 0. The molecule has 0 unspecified atom stereocenters. The Kier molecular flexibility index (Phi) is 7.01. The Hall–Kier alpha value is -0.273. The van der Waals surface area contributed by atoms with Crippen LogP contribution in [0.2, 0.25) is 0 Å². The Labute approximate surface area is 90.4 Å². The van der Waals surface area contributed by atoms with Gasteiger partial charge in [-0.2, -0.15) is 0 Å². The van der Waals surface area contributed by atoms with Gasteiger partial charge in [-0.3, -0.25) is 0 Å². The van der Waals surface area contributed by atoms with E-state index in [-0.39, 0.29) is 25.3 Å². The summed E-state index contributed by atoms with van der Waals surface area (Å²) < 4.78 is 12.3. The first-order chi connectivity index (χ1) is 5.88. The molecule has 0 atom stereocenters. The Morgan fingerprint density at radius 3 is 2.38 bits per heavy atom. The van der Waals surface area contributed by atoms with E-state index in [1.165, 1.54) is 0 Å². The standard InChI is InChI=1S/C8H13N2O2.Li/c1-3-11-8(12-4-2)10-6-5-9-7-10;/h5-6,8H,3-4H2,1-2H3;/q-1;+1. The summed E-state index contributed by atoms with van der Waals surface area (Å²) in [7, 11) is 0. The predicted molar refractivity (Wildman–Crippen MR) is 43.4 cm³/mol. The van der Waals surface area contributed by atoms with Gasteiger partial charge in [0.25, 0.3) is 0 Å². The van der Waals surface area contributed by atoms with Crippen LogP contribution in [0.4, 0.5) is 0 Å². The van der Waals surface area contributed by atoms with E-state index in [0.29, 0.717) is 13.2 Å². The first kappa shape index (κ1) is 12.7. The normalized spacial score (nSPS) is 10.1. The van der Waals surface area contributed by atoms with E-state index in [4.69, 9.17) is 9.47 Å². The molecule has 0 N–H and O–H groups in total. The zero-order valence-corrected chi connectivity index (χ0v) is 8.36. The Balaban J connectivity index is 0.00000144. The van der Waals surface area contributed by atoms with Crippen molar-refractivity contribution in [3.8, 4) is 0 Å². The van der Waals surface area contributed by atoms with Gasteiger partial charge in [0.1, 0.15) is 0 Å². The van der Waals surface area contributed by atoms with Crippen LogP contribution in [0.5, 0.6) is 0 Å². The fraction of sp³-hybridized carbons (Fsp3) is 0.625. The number of nitrogens with zero attached hydrogens (tertiary/aromatic N) is 2. The molecular weight excluding hydrogens is 163 g/mol. The fourth-order valence-electron chi connectivity index (χ4n) is 0.850. The summed E-state index contributed by atoms with van der Waals surface area (Å²) in [5.41, 5.74) is 0. The maximum absolute atomic E-state index is 5.30. The zero-order valence-electron chi connectivity index (χ0n) is 8.36. The van der Waals surface area contributed by atoms with Crippen molar-refractivity contribution in [1.82, 2.24) is 9.55 Å². The van der Waals surface area contributed by atoms with Crippen molar-refractivity contribution in [3.05, 3.63) is 18.7 Å². The molecule has 68 valence electrons. The van der Waals surface area contributed by atoms with E-state index in [1.54, 1.807) is 17.0 Å². The van der Waals surface area contributed by atoms with Gasteiger partial charge in [-0.05, 0) is 13.8 Å². The summed E-state index contributed by atoms with van der Waals surface area (Å²) in [4.78, 5) is 3.79. The van der Waals surface area contributed by atoms with Crippen molar-refractivity contribution in [2.45, 2.75) is 20.3 Å². The third-order valence-corrected chi connectivity index (χ3v) is 1.32. The number of aromatic nitrogens is 2. The van der Waals surface area contributed by atoms with Crippen LogP contribution in [0.3, 0.4) is 0 Å². The molecule has 1 rings (SSSR count). The molecule has 0 fully saturated rings. The van der Waals surface area contributed by atoms with Gasteiger partial charge >= 0.3 is 18.9 Å². The van der Waals surface area contributed by atoms with E-state index in [1.807, 2.05) is 13.8 Å². The minimum Gasteiger partial charge on any atom is -0.408 e. The number of hydrogen-bond donors (Lipinski definition) is 0. The average molecular weight is 176 g/mol. The second-order valence-corrected chi connectivity index (χ2v) is 2.15. The van der Waals surface area contributed by atoms with Crippen LogP contribution >= 0.6 is 0 Å². The molecule has 0 aliphatic heterocycles. The summed E-state index contributed by atoms with van der Waals surface area (Å²) in [5.74, 6) is 0. The average Bonchev–Trinajstić information content (AvgIpc) is 2.56. The first-order valence-electron chi connectivity index (χ1n) is 4.02. The second-order valence-electron chi connectivity index (χ2n) is 2.15. The van der Waals surface area contributed by atoms with Gasteiger partial charge in [0, 0.05) is 19.5 Å². The van der Waals surface area contributed by atoms with E-state index < -0.39 is 0 Å². The van der Waals surface area contributed by atoms with E-state index in [2.05, 4.69) is 11.3 Å². The molecule has 0 spiro atoms. The molecule has 0 amide bonds. The molecule has 5 heteroatoms. The van der Waals surface area contributed by atoms with Gasteiger partial charge in [0.2, 0.25) is 6.41 Å². The first-order valence-corrected chi connectivity index (χ1v) is 4.02. The van der Waals surface area contributed by atoms with Crippen LogP contribution in [-0.2, 0) is 9.47 Å². The number of imidazole rings is 1. The maximum atomic E-state index is 5.30. The number of ether oxygens (including phenoxy) is 2. The van der Waals surface area contributed by atoms with E-state index in [0.717, 1.165) is 0 Å². The number of hydrogen-bond acceptors (Lipinski definition) is 3. The van der Waals surface area contributed by atoms with Crippen LogP contribution in [0, 0.1) is 6.33 Å². The maximum Gasteiger partial charge on any atom is 1.00 e. The van der Waals surface area contributed by atoms with Crippen LogP contribution in [0.25, 0.3) is 0 Å². The van der Waals surface area contributed by atoms with Crippen LogP contribution in [0.15, 0.2) is 12.4 Å². The quantitative estimate of drug-likeness (QED) is 0.302. The van der Waals surface area contributed by atoms with Gasteiger partial charge in [-0.15, -0.1) is 12.4 Å². The molecule has 1 aromatic heterocycles. The van der Waals surface area contributed by atoms with Crippen molar-refractivity contribution in [2.24, 2.45) is 0 Å². The SMILES string of the molecule is CCOC(OCC)n1[c-]ncc1.[Li+]. The van der Waals surface area contributed by atoms with Crippen molar-refractivity contribution >= 4 is 0 Å². The van der Waals surface area contributed by atoms with Gasteiger partial charge in [-0.1, -0.05) is 0 Å². The minimum atomic E-state index is -0.387. The van der Waals surface area contributed by atoms with Gasteiger partial charge in [-0.25, -0.2) is 0 Å². The van der Waals surface area contributed by atoms with Gasteiger partial charge in [0.05, 0.1) is 0 Å².